The van der Waals surface area contributed by atoms with Crippen molar-refractivity contribution in [2.45, 2.75) is 64.4 Å². The van der Waals surface area contributed by atoms with Gasteiger partial charge in [0.2, 0.25) is 0 Å². The number of aliphatic hydroxyl groups excluding tert-OH is 1. The molecule has 0 bridgehead atoms. The van der Waals surface area contributed by atoms with Gasteiger partial charge in [0, 0.05) is 6.20 Å². The van der Waals surface area contributed by atoms with Crippen LogP contribution in [-0.4, -0.2) is 51.6 Å². The molecule has 2 aliphatic rings. The number of aromatic nitrogens is 2. The van der Waals surface area contributed by atoms with Gasteiger partial charge < -0.3 is 15.3 Å². The number of hydrogen-bond acceptors (Lipinski definition) is 5. The fraction of sp³-hybridized carbons (Fsp3) is 0.469. The lowest BCUT2D eigenvalue weighted by Crippen LogP contribution is -2.32. The molecule has 9 heteroatoms. The number of benzene rings is 1. The summed E-state index contributed by atoms with van der Waals surface area (Å²) in [5, 5.41) is 13.3. The van der Waals surface area contributed by atoms with Gasteiger partial charge in [-0.3, -0.25) is 9.78 Å². The number of aliphatic hydroxyl groups is 1. The van der Waals surface area contributed by atoms with Crippen LogP contribution in [0, 0.1) is 29.3 Å². The molecule has 2 aromatic heterocycles. The summed E-state index contributed by atoms with van der Waals surface area (Å²) in [6, 6.07) is 6.53. The molecule has 41 heavy (non-hydrogen) atoms. The maximum Gasteiger partial charge on any atom is 0.274 e. The molecular weight excluding hydrogens is 529 g/mol. The van der Waals surface area contributed by atoms with Crippen LogP contribution in [0.3, 0.4) is 0 Å². The van der Waals surface area contributed by atoms with Gasteiger partial charge in [-0.25, -0.2) is 18.2 Å². The average molecular weight is 567 g/mol. The van der Waals surface area contributed by atoms with Crippen LogP contribution < -0.4 is 5.32 Å². The number of amides is 1. The highest BCUT2D eigenvalue weighted by Crippen LogP contribution is 2.41. The number of nitrogens with zero attached hydrogens (tertiary/aromatic N) is 3. The van der Waals surface area contributed by atoms with Gasteiger partial charge in [-0.05, 0) is 110 Å². The van der Waals surface area contributed by atoms with E-state index in [1.165, 1.54) is 24.4 Å². The first kappa shape index (κ1) is 29.2. The van der Waals surface area contributed by atoms with E-state index < -0.39 is 40.7 Å². The molecule has 4 atom stereocenters. The van der Waals surface area contributed by atoms with Crippen molar-refractivity contribution in [3.8, 4) is 11.3 Å². The third-order valence-electron chi connectivity index (χ3n) is 9.12. The standard InChI is InChI=1S/C32H37F3N4O2/c1-4-39-11-8-20(9-12-39)21-14-25(34)30(26(35)15-21)31-24(33)5-6-27(37-31)32(41)38-28-17-36-10-7-23(28)22-13-18(2)19(3)29(40)16-22/h5-7,10,14-15,17-20,22,29,40H,4,8-9,11-13,16H2,1-3H3,(H,38,41). The number of pyridine rings is 2. The van der Waals surface area contributed by atoms with Crippen LogP contribution in [0.15, 0.2) is 42.7 Å². The monoisotopic (exact) mass is 566 g/mol. The van der Waals surface area contributed by atoms with E-state index in [2.05, 4.69) is 34.0 Å². The Labute approximate surface area is 239 Å². The lowest BCUT2D eigenvalue weighted by atomic mass is 9.71. The molecule has 0 radical (unpaired) electrons. The Hall–Kier alpha value is -3.30. The van der Waals surface area contributed by atoms with Gasteiger partial charge in [0.25, 0.3) is 5.91 Å². The van der Waals surface area contributed by atoms with Crippen LogP contribution in [-0.2, 0) is 0 Å². The predicted molar refractivity (Wildman–Crippen MR) is 152 cm³/mol. The molecule has 1 saturated heterocycles. The van der Waals surface area contributed by atoms with Crippen LogP contribution in [0.25, 0.3) is 11.3 Å². The van der Waals surface area contributed by atoms with Gasteiger partial charge in [-0.2, -0.15) is 0 Å². The molecule has 4 unspecified atom stereocenters. The molecular formula is C32H37F3N4O2. The van der Waals surface area contributed by atoms with E-state index in [-0.39, 0.29) is 23.4 Å². The van der Waals surface area contributed by atoms with E-state index in [9.17, 15) is 14.3 Å². The molecule has 5 rings (SSSR count). The number of carbonyl (C=O) groups is 1. The first-order valence-electron chi connectivity index (χ1n) is 14.5. The quantitative estimate of drug-likeness (QED) is 0.355. The molecule has 218 valence electrons. The molecule has 1 aromatic carbocycles. The van der Waals surface area contributed by atoms with Crippen molar-refractivity contribution in [1.29, 1.82) is 0 Å². The lowest BCUT2D eigenvalue weighted by Gasteiger charge is -2.37. The Bertz CT molecular complexity index is 1370. The molecule has 1 amide bonds. The normalized spacial score (nSPS) is 23.9. The average Bonchev–Trinajstić information content (AvgIpc) is 2.96. The minimum absolute atomic E-state index is 0.0159. The van der Waals surface area contributed by atoms with E-state index in [4.69, 9.17) is 0 Å². The second-order valence-electron chi connectivity index (χ2n) is 11.6. The third kappa shape index (κ3) is 6.16. The molecule has 1 saturated carbocycles. The van der Waals surface area contributed by atoms with Crippen LogP contribution in [0.4, 0.5) is 18.9 Å². The number of anilines is 1. The summed E-state index contributed by atoms with van der Waals surface area (Å²) in [7, 11) is 0. The first-order valence-corrected chi connectivity index (χ1v) is 14.5. The predicted octanol–water partition coefficient (Wildman–Crippen LogP) is 6.52. The number of nitrogens with one attached hydrogen (secondary N) is 1. The van der Waals surface area contributed by atoms with E-state index in [0.29, 0.717) is 23.6 Å². The molecule has 1 aliphatic carbocycles. The van der Waals surface area contributed by atoms with Crippen molar-refractivity contribution < 1.29 is 23.1 Å². The second-order valence-corrected chi connectivity index (χ2v) is 11.6. The third-order valence-corrected chi connectivity index (χ3v) is 9.12. The summed E-state index contributed by atoms with van der Waals surface area (Å²) >= 11 is 0. The summed E-state index contributed by atoms with van der Waals surface area (Å²) in [6.07, 6.45) is 5.69. The molecule has 2 fully saturated rings. The van der Waals surface area contributed by atoms with Crippen molar-refractivity contribution in [1.82, 2.24) is 14.9 Å². The topological polar surface area (TPSA) is 78.4 Å². The number of rotatable bonds is 6. The van der Waals surface area contributed by atoms with Crippen LogP contribution in [0.2, 0.25) is 0 Å². The summed E-state index contributed by atoms with van der Waals surface area (Å²) in [6.45, 7) is 8.88. The van der Waals surface area contributed by atoms with Crippen molar-refractivity contribution in [3.63, 3.8) is 0 Å². The number of likely N-dealkylation sites (tertiary alicyclic amines) is 1. The summed E-state index contributed by atoms with van der Waals surface area (Å²) in [5.74, 6) is -2.88. The number of halogens is 3. The highest BCUT2D eigenvalue weighted by atomic mass is 19.1. The maximum atomic E-state index is 15.3. The molecule has 3 heterocycles. The Balaban J connectivity index is 1.39. The number of carbonyl (C=O) groups excluding carboxylic acids is 1. The van der Waals surface area contributed by atoms with Gasteiger partial charge in [-0.15, -0.1) is 0 Å². The van der Waals surface area contributed by atoms with Crippen LogP contribution >= 0.6 is 0 Å². The van der Waals surface area contributed by atoms with Crippen molar-refractivity contribution in [2.75, 3.05) is 25.0 Å². The molecule has 1 aliphatic heterocycles. The molecule has 0 spiro atoms. The van der Waals surface area contributed by atoms with Crippen molar-refractivity contribution in [3.05, 3.63) is 77.0 Å². The molecule has 6 nitrogen and oxygen atoms in total. The Kier molecular flexibility index (Phi) is 8.75. The Morgan fingerprint density at radius 3 is 2.39 bits per heavy atom. The van der Waals surface area contributed by atoms with E-state index in [1.54, 1.807) is 6.20 Å². The number of hydrogen-bond donors (Lipinski definition) is 2. The van der Waals surface area contributed by atoms with Gasteiger partial charge >= 0.3 is 0 Å². The van der Waals surface area contributed by atoms with Crippen LogP contribution in [0.1, 0.15) is 79.9 Å². The van der Waals surface area contributed by atoms with Gasteiger partial charge in [0.1, 0.15) is 28.8 Å². The van der Waals surface area contributed by atoms with E-state index in [0.717, 1.165) is 50.5 Å². The highest BCUT2D eigenvalue weighted by molar-refractivity contribution is 6.03. The SMILES string of the molecule is CCN1CCC(c2cc(F)c(-c3nc(C(=O)Nc4cnccc4C4CC(C)C(C)C(O)C4)ccc3F)c(F)c2)CC1. The highest BCUT2D eigenvalue weighted by Gasteiger charge is 2.33. The first-order chi connectivity index (χ1) is 19.7. The van der Waals surface area contributed by atoms with Gasteiger partial charge in [0.15, 0.2) is 0 Å². The lowest BCUT2D eigenvalue weighted by molar-refractivity contribution is 0.0384. The van der Waals surface area contributed by atoms with E-state index in [1.807, 2.05) is 13.0 Å². The minimum atomic E-state index is -0.926. The Morgan fingerprint density at radius 1 is 1.02 bits per heavy atom. The minimum Gasteiger partial charge on any atom is -0.393 e. The van der Waals surface area contributed by atoms with Crippen molar-refractivity contribution in [2.24, 2.45) is 11.8 Å². The fourth-order valence-corrected chi connectivity index (χ4v) is 6.33. The second kappa shape index (κ2) is 12.3. The smallest absolute Gasteiger partial charge is 0.274 e. The zero-order valence-corrected chi connectivity index (χ0v) is 23.7. The van der Waals surface area contributed by atoms with Crippen molar-refractivity contribution >= 4 is 11.6 Å². The summed E-state index contributed by atoms with van der Waals surface area (Å²) in [5.41, 5.74) is 0.523. The van der Waals surface area contributed by atoms with Crippen LogP contribution in [0.5, 0.6) is 0 Å². The summed E-state index contributed by atoms with van der Waals surface area (Å²) < 4.78 is 45.5. The summed E-state index contributed by atoms with van der Waals surface area (Å²) in [4.78, 5) is 23.7. The number of piperidine rings is 1. The Morgan fingerprint density at radius 2 is 1.73 bits per heavy atom. The van der Waals surface area contributed by atoms with Gasteiger partial charge in [0.05, 0.1) is 23.6 Å². The maximum absolute atomic E-state index is 15.3. The molecule has 3 aromatic rings. The van der Waals surface area contributed by atoms with E-state index >= 15 is 8.78 Å². The molecule has 2 N–H and O–H groups in total. The fourth-order valence-electron chi connectivity index (χ4n) is 6.33. The largest absolute Gasteiger partial charge is 0.393 e. The van der Waals surface area contributed by atoms with Gasteiger partial charge in [-0.1, -0.05) is 20.8 Å². The zero-order chi connectivity index (χ0) is 29.3. The zero-order valence-electron chi connectivity index (χ0n) is 23.7.